The summed E-state index contributed by atoms with van der Waals surface area (Å²) in [5, 5.41) is 11.7. The first kappa shape index (κ1) is 15.9. The number of nitrogens with zero attached hydrogens (tertiary/aromatic N) is 1. The van der Waals surface area contributed by atoms with E-state index in [1.807, 2.05) is 4.90 Å². The zero-order chi connectivity index (χ0) is 16.7. The first-order valence-corrected chi connectivity index (χ1v) is 8.77. The molecule has 1 N–H and O–H groups in total. The van der Waals surface area contributed by atoms with Crippen LogP contribution in [0.1, 0.15) is 29.8 Å². The minimum atomic E-state index is -0.360. The van der Waals surface area contributed by atoms with Crippen LogP contribution in [0.3, 0.4) is 0 Å². The molecule has 6 heteroatoms. The van der Waals surface area contributed by atoms with Crippen molar-refractivity contribution in [3.05, 3.63) is 35.0 Å². The minimum Gasteiger partial charge on any atom is -0.451 e. The van der Waals surface area contributed by atoms with Crippen molar-refractivity contribution in [1.29, 1.82) is 0 Å². The van der Waals surface area contributed by atoms with Crippen LogP contribution in [-0.2, 0) is 4.74 Å². The molecule has 0 spiro atoms. The average Bonchev–Trinajstić information content (AvgIpc) is 3.19. The summed E-state index contributed by atoms with van der Waals surface area (Å²) in [4.78, 5) is 14.8. The van der Waals surface area contributed by atoms with E-state index >= 15 is 0 Å². The Morgan fingerprint density at radius 3 is 2.96 bits per heavy atom. The zero-order valence-corrected chi connectivity index (χ0v) is 14.0. The van der Waals surface area contributed by atoms with Gasteiger partial charge in [0, 0.05) is 22.9 Å². The van der Waals surface area contributed by atoms with Crippen molar-refractivity contribution < 1.29 is 19.1 Å². The Labute approximate surface area is 145 Å². The third-order valence-corrected chi connectivity index (χ3v) is 5.38. The van der Waals surface area contributed by atoms with Crippen LogP contribution in [0, 0.1) is 5.92 Å². The van der Waals surface area contributed by atoms with E-state index in [4.69, 9.17) is 20.8 Å². The van der Waals surface area contributed by atoms with Gasteiger partial charge in [-0.1, -0.05) is 18.0 Å². The molecule has 128 valence electrons. The van der Waals surface area contributed by atoms with Crippen molar-refractivity contribution in [2.75, 3.05) is 19.8 Å². The fraction of sp³-hybridized carbons (Fsp3) is 0.500. The van der Waals surface area contributed by atoms with Crippen LogP contribution in [0.25, 0.3) is 11.0 Å². The second kappa shape index (κ2) is 6.39. The molecule has 2 heterocycles. The van der Waals surface area contributed by atoms with E-state index < -0.39 is 0 Å². The Balaban J connectivity index is 1.62. The van der Waals surface area contributed by atoms with E-state index in [2.05, 4.69) is 0 Å². The van der Waals surface area contributed by atoms with Crippen LogP contribution in [-0.4, -0.2) is 47.8 Å². The fourth-order valence-corrected chi connectivity index (χ4v) is 4.09. The lowest BCUT2D eigenvalue weighted by Gasteiger charge is -2.39. The maximum absolute atomic E-state index is 13.0. The molecule has 5 nitrogen and oxygen atoms in total. The molecule has 1 saturated heterocycles. The first-order valence-electron chi connectivity index (χ1n) is 8.39. The molecule has 0 radical (unpaired) electrons. The highest BCUT2D eigenvalue weighted by atomic mass is 35.5. The van der Waals surface area contributed by atoms with Crippen molar-refractivity contribution in [3.8, 4) is 0 Å². The van der Waals surface area contributed by atoms with Gasteiger partial charge >= 0.3 is 0 Å². The van der Waals surface area contributed by atoms with Gasteiger partial charge in [-0.15, -0.1) is 0 Å². The number of aliphatic hydroxyl groups is 1. The number of hydrogen-bond donors (Lipinski definition) is 1. The normalized spacial score (nSPS) is 27.8. The maximum Gasteiger partial charge on any atom is 0.290 e. The van der Waals surface area contributed by atoms with E-state index in [0.29, 0.717) is 36.1 Å². The lowest BCUT2D eigenvalue weighted by molar-refractivity contribution is -0.0393. The number of hydrogen-bond acceptors (Lipinski definition) is 4. The molecule has 1 aliphatic heterocycles. The molecule has 2 fully saturated rings. The summed E-state index contributed by atoms with van der Waals surface area (Å²) in [5.41, 5.74) is 0.647. The number of amides is 1. The van der Waals surface area contributed by atoms with Gasteiger partial charge in [-0.2, -0.15) is 0 Å². The molecule has 24 heavy (non-hydrogen) atoms. The molecule has 4 rings (SSSR count). The number of fused-ring (bicyclic) bond motifs is 1. The van der Waals surface area contributed by atoms with Gasteiger partial charge in [0.2, 0.25) is 0 Å². The molecule has 2 aliphatic rings. The standard InChI is InChI=1S/C18H20ClNO4/c19-12-4-5-16-11(8-12)9-17(24-16)18(22)20-6-7-23-10-14(20)13-2-1-3-15(13)21/h4-5,8-9,13-15,21H,1-3,6-7,10H2/t13-,14+,15+/m0/s1. The maximum atomic E-state index is 13.0. The van der Waals surface area contributed by atoms with Crippen molar-refractivity contribution >= 4 is 28.5 Å². The summed E-state index contributed by atoms with van der Waals surface area (Å²) in [7, 11) is 0. The van der Waals surface area contributed by atoms with Gasteiger partial charge in [-0.05, 0) is 37.1 Å². The van der Waals surface area contributed by atoms with Gasteiger partial charge < -0.3 is 19.2 Å². The number of morpholine rings is 1. The van der Waals surface area contributed by atoms with Gasteiger partial charge in [0.25, 0.3) is 5.91 Å². The van der Waals surface area contributed by atoms with E-state index in [1.165, 1.54) is 0 Å². The van der Waals surface area contributed by atoms with Gasteiger partial charge in [0.15, 0.2) is 5.76 Å². The summed E-state index contributed by atoms with van der Waals surface area (Å²) >= 11 is 6.00. The summed E-state index contributed by atoms with van der Waals surface area (Å²) in [6.07, 6.45) is 2.36. The van der Waals surface area contributed by atoms with Gasteiger partial charge in [0.1, 0.15) is 5.58 Å². The number of benzene rings is 1. The summed E-state index contributed by atoms with van der Waals surface area (Å²) in [6.45, 7) is 1.50. The number of ether oxygens (including phenoxy) is 1. The van der Waals surface area contributed by atoms with Crippen LogP contribution >= 0.6 is 11.6 Å². The number of carbonyl (C=O) groups is 1. The number of furan rings is 1. The molecular formula is C18H20ClNO4. The van der Waals surface area contributed by atoms with Crippen LogP contribution < -0.4 is 0 Å². The largest absolute Gasteiger partial charge is 0.451 e. The highest BCUT2D eigenvalue weighted by Gasteiger charge is 2.40. The van der Waals surface area contributed by atoms with Crippen LogP contribution in [0.5, 0.6) is 0 Å². The Bertz CT molecular complexity index is 759. The van der Waals surface area contributed by atoms with E-state index in [0.717, 1.165) is 24.6 Å². The molecule has 0 unspecified atom stereocenters. The molecule has 1 aliphatic carbocycles. The molecule has 1 aromatic carbocycles. The van der Waals surface area contributed by atoms with Crippen molar-refractivity contribution in [3.63, 3.8) is 0 Å². The Kier molecular flexibility index (Phi) is 4.24. The molecule has 0 bridgehead atoms. The second-order valence-corrected chi connectivity index (χ2v) is 7.03. The highest BCUT2D eigenvalue weighted by molar-refractivity contribution is 6.31. The van der Waals surface area contributed by atoms with Crippen LogP contribution in [0.2, 0.25) is 5.02 Å². The third-order valence-electron chi connectivity index (χ3n) is 5.14. The van der Waals surface area contributed by atoms with E-state index in [9.17, 15) is 9.90 Å². The average molecular weight is 350 g/mol. The Morgan fingerprint density at radius 1 is 1.29 bits per heavy atom. The molecule has 2 aromatic rings. The molecule has 3 atom stereocenters. The van der Waals surface area contributed by atoms with Gasteiger partial charge in [0.05, 0.1) is 25.4 Å². The smallest absolute Gasteiger partial charge is 0.290 e. The van der Waals surface area contributed by atoms with Crippen LogP contribution in [0.15, 0.2) is 28.7 Å². The highest BCUT2D eigenvalue weighted by Crippen LogP contribution is 2.33. The van der Waals surface area contributed by atoms with Crippen LogP contribution in [0.4, 0.5) is 0 Å². The number of carbonyl (C=O) groups excluding carboxylic acids is 1. The quantitative estimate of drug-likeness (QED) is 0.905. The monoisotopic (exact) mass is 349 g/mol. The second-order valence-electron chi connectivity index (χ2n) is 6.60. The lowest BCUT2D eigenvalue weighted by Crippen LogP contribution is -2.53. The van der Waals surface area contributed by atoms with E-state index in [-0.39, 0.29) is 24.0 Å². The molecule has 1 amide bonds. The van der Waals surface area contributed by atoms with Gasteiger partial charge in [-0.25, -0.2) is 0 Å². The Morgan fingerprint density at radius 2 is 2.17 bits per heavy atom. The minimum absolute atomic E-state index is 0.0769. The summed E-state index contributed by atoms with van der Waals surface area (Å²) in [5.74, 6) is 0.245. The first-order chi connectivity index (χ1) is 11.6. The third kappa shape index (κ3) is 2.81. The van der Waals surface area contributed by atoms with Crippen molar-refractivity contribution in [1.82, 2.24) is 4.90 Å². The van der Waals surface area contributed by atoms with Crippen molar-refractivity contribution in [2.45, 2.75) is 31.4 Å². The Hall–Kier alpha value is -1.56. The molecule has 1 saturated carbocycles. The number of rotatable bonds is 2. The SMILES string of the molecule is O=C(c1cc2cc(Cl)ccc2o1)N1CCOC[C@@H]1[C@@H]1CCC[C@H]1O. The van der Waals surface area contributed by atoms with Crippen molar-refractivity contribution in [2.24, 2.45) is 5.92 Å². The predicted octanol–water partition coefficient (Wildman–Crippen LogP) is 3.09. The summed E-state index contributed by atoms with van der Waals surface area (Å²) in [6, 6.07) is 6.94. The fourth-order valence-electron chi connectivity index (χ4n) is 3.91. The summed E-state index contributed by atoms with van der Waals surface area (Å²) < 4.78 is 11.3. The van der Waals surface area contributed by atoms with E-state index in [1.54, 1.807) is 24.3 Å². The van der Waals surface area contributed by atoms with Gasteiger partial charge in [-0.3, -0.25) is 4.79 Å². The topological polar surface area (TPSA) is 62.9 Å². The lowest BCUT2D eigenvalue weighted by atomic mass is 9.94. The molecular weight excluding hydrogens is 330 g/mol. The zero-order valence-electron chi connectivity index (χ0n) is 13.3. The predicted molar refractivity (Wildman–Crippen MR) is 90.2 cm³/mol. The number of aliphatic hydroxyl groups excluding tert-OH is 1. The molecule has 1 aromatic heterocycles. The number of halogens is 1.